The molecule has 1 aliphatic carbocycles. The van der Waals surface area contributed by atoms with Gasteiger partial charge in [0.2, 0.25) is 0 Å². The molecule has 0 N–H and O–H groups in total. The molecule has 5 nitrogen and oxygen atoms in total. The molecule has 0 spiro atoms. The molecule has 2 rings (SSSR count). The molecule has 31 heavy (non-hydrogen) atoms. The first kappa shape index (κ1) is 25.4. The molecule has 1 aromatic rings. The Bertz CT molecular complexity index is 614. The molecule has 0 heterocycles. The SMILES string of the molecule is C=CCN(C)CCCCCCO[C@H]1CC[C@H](N(CC)C(=O)OCc2ccccc2)CC1. The van der Waals surface area contributed by atoms with Crippen molar-refractivity contribution in [3.8, 4) is 0 Å². The fourth-order valence-electron chi connectivity index (χ4n) is 4.26. The van der Waals surface area contributed by atoms with Gasteiger partial charge in [-0.15, -0.1) is 6.58 Å². The van der Waals surface area contributed by atoms with Crippen LogP contribution in [0.1, 0.15) is 63.9 Å². The number of likely N-dealkylation sites (N-methyl/N-ethyl adjacent to an activating group) is 1. The number of hydrogen-bond donors (Lipinski definition) is 0. The van der Waals surface area contributed by atoms with Gasteiger partial charge in [0, 0.05) is 25.7 Å². The van der Waals surface area contributed by atoms with Crippen LogP contribution in [0.2, 0.25) is 0 Å². The normalized spacial score (nSPS) is 18.7. The van der Waals surface area contributed by atoms with E-state index in [1.54, 1.807) is 0 Å². The molecule has 1 amide bonds. The second kappa shape index (κ2) is 15.0. The zero-order valence-electron chi connectivity index (χ0n) is 19.6. The van der Waals surface area contributed by atoms with Gasteiger partial charge < -0.3 is 19.3 Å². The van der Waals surface area contributed by atoms with Crippen molar-refractivity contribution in [2.75, 3.05) is 33.3 Å². The molecule has 1 fully saturated rings. The first-order valence-electron chi connectivity index (χ1n) is 12.0. The first-order valence-corrected chi connectivity index (χ1v) is 12.0. The van der Waals surface area contributed by atoms with Gasteiger partial charge in [-0.2, -0.15) is 0 Å². The number of nitrogens with zero attached hydrogens (tertiary/aromatic N) is 2. The average Bonchev–Trinajstić information content (AvgIpc) is 2.79. The third-order valence-electron chi connectivity index (χ3n) is 6.09. The fraction of sp³-hybridized carbons (Fsp3) is 0.654. The van der Waals surface area contributed by atoms with Crippen molar-refractivity contribution in [2.24, 2.45) is 0 Å². The second-order valence-corrected chi connectivity index (χ2v) is 8.59. The molecule has 0 saturated heterocycles. The van der Waals surface area contributed by atoms with Crippen LogP contribution in [-0.4, -0.2) is 61.3 Å². The number of ether oxygens (including phenoxy) is 2. The van der Waals surface area contributed by atoms with Crippen molar-refractivity contribution >= 4 is 6.09 Å². The Morgan fingerprint density at radius 3 is 2.48 bits per heavy atom. The largest absolute Gasteiger partial charge is 0.445 e. The van der Waals surface area contributed by atoms with Crippen LogP contribution < -0.4 is 0 Å². The molecule has 5 heteroatoms. The predicted molar refractivity (Wildman–Crippen MR) is 127 cm³/mol. The maximum Gasteiger partial charge on any atom is 0.410 e. The molecular weight excluding hydrogens is 388 g/mol. The Labute approximate surface area is 189 Å². The van der Waals surface area contributed by atoms with Gasteiger partial charge >= 0.3 is 6.09 Å². The maximum atomic E-state index is 12.6. The van der Waals surface area contributed by atoms with E-state index in [0.717, 1.165) is 57.4 Å². The molecule has 0 atom stereocenters. The van der Waals surface area contributed by atoms with Gasteiger partial charge in [-0.05, 0) is 64.6 Å². The van der Waals surface area contributed by atoms with Crippen molar-refractivity contribution < 1.29 is 14.3 Å². The van der Waals surface area contributed by atoms with Gasteiger partial charge in [0.1, 0.15) is 6.61 Å². The molecule has 0 radical (unpaired) electrons. The minimum absolute atomic E-state index is 0.200. The number of hydrogen-bond acceptors (Lipinski definition) is 4. The van der Waals surface area contributed by atoms with Crippen molar-refractivity contribution in [1.29, 1.82) is 0 Å². The molecule has 1 aromatic carbocycles. The number of benzene rings is 1. The lowest BCUT2D eigenvalue weighted by molar-refractivity contribution is 0.00402. The molecule has 0 unspecified atom stereocenters. The summed E-state index contributed by atoms with van der Waals surface area (Å²) in [6, 6.07) is 10.1. The number of rotatable bonds is 14. The third kappa shape index (κ3) is 9.88. The van der Waals surface area contributed by atoms with Crippen LogP contribution in [-0.2, 0) is 16.1 Å². The highest BCUT2D eigenvalue weighted by atomic mass is 16.6. The van der Waals surface area contributed by atoms with E-state index in [1.807, 2.05) is 48.2 Å². The van der Waals surface area contributed by atoms with Crippen molar-refractivity contribution in [3.05, 3.63) is 48.6 Å². The van der Waals surface area contributed by atoms with Gasteiger partial charge in [-0.25, -0.2) is 4.79 Å². The zero-order valence-corrected chi connectivity index (χ0v) is 19.6. The summed E-state index contributed by atoms with van der Waals surface area (Å²) in [4.78, 5) is 16.8. The standard InChI is InChI=1S/C26H42N2O3/c1-4-19-27(3)20-11-6-7-12-21-30-25-17-15-24(16-18-25)28(5-2)26(29)31-22-23-13-9-8-10-14-23/h4,8-10,13-14,24-25H,1,5-7,11-12,15-22H2,2-3H3/t24-,25-. The molecule has 1 saturated carbocycles. The van der Waals surface area contributed by atoms with Crippen LogP contribution in [0.25, 0.3) is 0 Å². The summed E-state index contributed by atoms with van der Waals surface area (Å²) in [6.07, 6.45) is 11.0. The summed E-state index contributed by atoms with van der Waals surface area (Å²) >= 11 is 0. The van der Waals surface area contributed by atoms with Gasteiger partial charge in [0.05, 0.1) is 6.10 Å². The fourth-order valence-corrected chi connectivity index (χ4v) is 4.26. The lowest BCUT2D eigenvalue weighted by Crippen LogP contribution is -2.43. The Kier molecular flexibility index (Phi) is 12.3. The van der Waals surface area contributed by atoms with Crippen LogP contribution in [0.15, 0.2) is 43.0 Å². The Morgan fingerprint density at radius 1 is 1.10 bits per heavy atom. The van der Waals surface area contributed by atoms with E-state index in [4.69, 9.17) is 9.47 Å². The van der Waals surface area contributed by atoms with E-state index in [-0.39, 0.29) is 12.1 Å². The molecule has 0 aromatic heterocycles. The van der Waals surface area contributed by atoms with Crippen LogP contribution in [0.5, 0.6) is 0 Å². The van der Waals surface area contributed by atoms with Gasteiger partial charge in [-0.3, -0.25) is 0 Å². The van der Waals surface area contributed by atoms with Gasteiger partial charge in [-0.1, -0.05) is 49.2 Å². The van der Waals surface area contributed by atoms with E-state index < -0.39 is 0 Å². The van der Waals surface area contributed by atoms with Crippen LogP contribution in [0.3, 0.4) is 0 Å². The molecule has 0 bridgehead atoms. The van der Waals surface area contributed by atoms with E-state index >= 15 is 0 Å². The molecule has 0 aliphatic heterocycles. The van der Waals surface area contributed by atoms with E-state index in [0.29, 0.717) is 19.3 Å². The zero-order chi connectivity index (χ0) is 22.3. The summed E-state index contributed by atoms with van der Waals surface area (Å²) in [6.45, 7) is 9.78. The summed E-state index contributed by atoms with van der Waals surface area (Å²) < 4.78 is 11.7. The van der Waals surface area contributed by atoms with Crippen LogP contribution in [0.4, 0.5) is 4.79 Å². The first-order chi connectivity index (χ1) is 15.1. The highest BCUT2D eigenvalue weighted by Crippen LogP contribution is 2.26. The molecular formula is C26H42N2O3. The van der Waals surface area contributed by atoms with E-state index in [1.165, 1.54) is 19.3 Å². The minimum atomic E-state index is -0.200. The smallest absolute Gasteiger partial charge is 0.410 e. The van der Waals surface area contributed by atoms with Crippen molar-refractivity contribution in [2.45, 2.75) is 77.0 Å². The number of unbranched alkanes of at least 4 members (excludes halogenated alkanes) is 3. The highest BCUT2D eigenvalue weighted by molar-refractivity contribution is 5.68. The Balaban J connectivity index is 1.57. The lowest BCUT2D eigenvalue weighted by atomic mass is 9.92. The number of amides is 1. The van der Waals surface area contributed by atoms with Crippen molar-refractivity contribution in [1.82, 2.24) is 9.80 Å². The lowest BCUT2D eigenvalue weighted by Gasteiger charge is -2.35. The highest BCUT2D eigenvalue weighted by Gasteiger charge is 2.29. The van der Waals surface area contributed by atoms with Crippen LogP contribution in [0, 0.1) is 0 Å². The van der Waals surface area contributed by atoms with Crippen molar-refractivity contribution in [3.63, 3.8) is 0 Å². The second-order valence-electron chi connectivity index (χ2n) is 8.59. The van der Waals surface area contributed by atoms with Crippen LogP contribution >= 0.6 is 0 Å². The Hall–Kier alpha value is -1.85. The maximum absolute atomic E-state index is 12.6. The Morgan fingerprint density at radius 2 is 1.81 bits per heavy atom. The monoisotopic (exact) mass is 430 g/mol. The summed E-state index contributed by atoms with van der Waals surface area (Å²) in [5, 5.41) is 0. The average molecular weight is 431 g/mol. The van der Waals surface area contributed by atoms with E-state index in [9.17, 15) is 4.79 Å². The molecule has 174 valence electrons. The van der Waals surface area contributed by atoms with E-state index in [2.05, 4.69) is 18.5 Å². The quantitative estimate of drug-likeness (QED) is 0.282. The summed E-state index contributed by atoms with van der Waals surface area (Å²) in [5.41, 5.74) is 1.02. The minimum Gasteiger partial charge on any atom is -0.445 e. The summed E-state index contributed by atoms with van der Waals surface area (Å²) in [7, 11) is 2.14. The molecule has 1 aliphatic rings. The summed E-state index contributed by atoms with van der Waals surface area (Å²) in [5.74, 6) is 0. The number of carbonyl (C=O) groups is 1. The topological polar surface area (TPSA) is 42.0 Å². The van der Waals surface area contributed by atoms with Gasteiger partial charge in [0.15, 0.2) is 0 Å². The predicted octanol–water partition coefficient (Wildman–Crippen LogP) is 5.65. The van der Waals surface area contributed by atoms with Gasteiger partial charge in [0.25, 0.3) is 0 Å². The third-order valence-corrected chi connectivity index (χ3v) is 6.09. The number of carbonyl (C=O) groups excluding carboxylic acids is 1.